The number of rotatable bonds is 4. The average Bonchev–Trinajstić information content (AvgIpc) is 3.47. The molecule has 5 rings (SSSR count). The van der Waals surface area contributed by atoms with Crippen LogP contribution in [0, 0.1) is 0 Å². The summed E-state index contributed by atoms with van der Waals surface area (Å²) in [5.41, 5.74) is 2.19. The molecule has 3 heterocycles. The Labute approximate surface area is 171 Å². The topological polar surface area (TPSA) is 67.7 Å². The predicted molar refractivity (Wildman–Crippen MR) is 108 cm³/mol. The third kappa shape index (κ3) is 3.32. The van der Waals surface area contributed by atoms with Crippen LogP contribution in [0.4, 0.5) is 16.0 Å². The molecule has 2 fully saturated rings. The summed E-state index contributed by atoms with van der Waals surface area (Å²) in [6.45, 7) is 1.12. The fraction of sp³-hybridized carbons (Fsp3) is 0.421. The second-order valence-electron chi connectivity index (χ2n) is 7.39. The summed E-state index contributed by atoms with van der Waals surface area (Å²) < 4.78 is 16.2. The number of nitrogens with zero attached hydrogens (tertiary/aromatic N) is 4. The van der Waals surface area contributed by atoms with Gasteiger partial charge in [-0.3, -0.25) is 0 Å². The van der Waals surface area contributed by atoms with E-state index in [-0.39, 0.29) is 5.92 Å². The van der Waals surface area contributed by atoms with Crippen molar-refractivity contribution in [2.45, 2.75) is 37.4 Å². The quantitative estimate of drug-likeness (QED) is 0.643. The molecule has 0 bridgehead atoms. The number of hydrogen-bond acceptors (Lipinski definition) is 5. The third-order valence-electron chi connectivity index (χ3n) is 5.38. The maximum atomic E-state index is 14.4. The summed E-state index contributed by atoms with van der Waals surface area (Å²) in [6, 6.07) is 4.08. The zero-order valence-electron chi connectivity index (χ0n) is 15.0. The number of aromatic nitrogens is 4. The van der Waals surface area contributed by atoms with E-state index in [1.165, 1.54) is 0 Å². The fourth-order valence-electron chi connectivity index (χ4n) is 3.71. The van der Waals surface area contributed by atoms with Gasteiger partial charge >= 0.3 is 0 Å². The molecule has 0 spiro atoms. The van der Waals surface area contributed by atoms with Gasteiger partial charge in [-0.2, -0.15) is 5.10 Å². The van der Waals surface area contributed by atoms with Gasteiger partial charge in [0.25, 0.3) is 0 Å². The van der Waals surface area contributed by atoms with E-state index < -0.39 is 6.17 Å². The first-order valence-corrected chi connectivity index (χ1v) is 10.2. The van der Waals surface area contributed by atoms with Crippen molar-refractivity contribution in [3.8, 4) is 0 Å². The van der Waals surface area contributed by atoms with Crippen molar-refractivity contribution in [3.63, 3.8) is 0 Å². The van der Waals surface area contributed by atoms with Crippen molar-refractivity contribution in [3.05, 3.63) is 40.3 Å². The molecule has 3 aromatic rings. The molecule has 2 aromatic heterocycles. The van der Waals surface area contributed by atoms with Gasteiger partial charge in [0.15, 0.2) is 5.15 Å². The highest BCUT2D eigenvalue weighted by Crippen LogP contribution is 2.39. The normalized spacial score (nSPS) is 22.5. The van der Waals surface area contributed by atoms with Gasteiger partial charge in [-0.15, -0.1) is 0 Å². The number of anilines is 2. The highest BCUT2D eigenvalue weighted by molar-refractivity contribution is 6.32. The summed E-state index contributed by atoms with van der Waals surface area (Å²) in [5.74, 6) is 0.191. The van der Waals surface area contributed by atoms with E-state index in [0.29, 0.717) is 46.3 Å². The van der Waals surface area contributed by atoms with Crippen molar-refractivity contribution in [1.82, 2.24) is 25.1 Å². The van der Waals surface area contributed by atoms with Crippen molar-refractivity contribution in [1.29, 1.82) is 0 Å². The zero-order valence-corrected chi connectivity index (χ0v) is 16.5. The lowest BCUT2D eigenvalue weighted by atomic mass is 9.88. The van der Waals surface area contributed by atoms with Gasteiger partial charge in [0.05, 0.1) is 23.4 Å². The summed E-state index contributed by atoms with van der Waals surface area (Å²) >= 11 is 12.9. The Hall–Kier alpha value is -1.96. The van der Waals surface area contributed by atoms with Crippen LogP contribution in [-0.4, -0.2) is 39.0 Å². The monoisotopic (exact) mass is 420 g/mol. The Morgan fingerprint density at radius 1 is 1.18 bits per heavy atom. The lowest BCUT2D eigenvalue weighted by Crippen LogP contribution is -2.36. The minimum atomic E-state index is -0.963. The first-order chi connectivity index (χ1) is 13.6. The molecule has 1 aromatic carbocycles. The molecule has 1 aliphatic carbocycles. The first-order valence-electron chi connectivity index (χ1n) is 9.41. The van der Waals surface area contributed by atoms with Crippen LogP contribution in [0.15, 0.2) is 24.5 Å². The van der Waals surface area contributed by atoms with E-state index >= 15 is 0 Å². The molecular formula is C19H19Cl2FN6. The van der Waals surface area contributed by atoms with Crippen molar-refractivity contribution in [2.24, 2.45) is 0 Å². The van der Waals surface area contributed by atoms with Crippen LogP contribution in [0.1, 0.15) is 36.8 Å². The van der Waals surface area contributed by atoms with Gasteiger partial charge < -0.3 is 10.6 Å². The molecule has 9 heteroatoms. The minimum Gasteiger partial charge on any atom is -0.320 e. The largest absolute Gasteiger partial charge is 0.320 e. The van der Waals surface area contributed by atoms with Crippen molar-refractivity contribution < 1.29 is 4.39 Å². The molecule has 0 radical (unpaired) electrons. The van der Waals surface area contributed by atoms with Crippen LogP contribution in [0.2, 0.25) is 10.2 Å². The molecule has 1 aliphatic heterocycles. The number of alkyl halides is 1. The Balaban J connectivity index is 1.47. The summed E-state index contributed by atoms with van der Waals surface area (Å²) in [5, 5.41) is 12.5. The SMILES string of the molecule is FC1CNCC[C@H]1c1cc2nc(Nc3cnn(C4CC4)c3Cl)ncc2cc1Cl. The van der Waals surface area contributed by atoms with Crippen LogP contribution >= 0.6 is 23.2 Å². The van der Waals surface area contributed by atoms with Crippen molar-refractivity contribution >= 4 is 45.7 Å². The molecule has 6 nitrogen and oxygen atoms in total. The second-order valence-corrected chi connectivity index (χ2v) is 8.16. The molecule has 1 saturated carbocycles. The highest BCUT2D eigenvalue weighted by atomic mass is 35.5. The summed E-state index contributed by atoms with van der Waals surface area (Å²) in [6.07, 6.45) is 5.33. The summed E-state index contributed by atoms with van der Waals surface area (Å²) in [4.78, 5) is 8.94. The number of benzene rings is 1. The van der Waals surface area contributed by atoms with E-state index in [0.717, 1.165) is 30.3 Å². The summed E-state index contributed by atoms with van der Waals surface area (Å²) in [7, 11) is 0. The van der Waals surface area contributed by atoms with Crippen LogP contribution in [-0.2, 0) is 0 Å². The molecule has 2 aliphatic rings. The van der Waals surface area contributed by atoms with Gasteiger partial charge in [0.1, 0.15) is 6.17 Å². The minimum absolute atomic E-state index is 0.226. The third-order valence-corrected chi connectivity index (χ3v) is 6.08. The number of fused-ring (bicyclic) bond motifs is 1. The van der Waals surface area contributed by atoms with Gasteiger partial charge in [-0.1, -0.05) is 23.2 Å². The molecule has 1 unspecified atom stereocenters. The highest BCUT2D eigenvalue weighted by Gasteiger charge is 2.29. The maximum Gasteiger partial charge on any atom is 0.227 e. The Kier molecular flexibility index (Phi) is 4.61. The molecule has 0 amide bonds. The van der Waals surface area contributed by atoms with Crippen LogP contribution in [0.25, 0.3) is 10.9 Å². The van der Waals surface area contributed by atoms with E-state index in [9.17, 15) is 4.39 Å². The molecule has 2 N–H and O–H groups in total. The van der Waals surface area contributed by atoms with E-state index in [1.54, 1.807) is 12.4 Å². The zero-order chi connectivity index (χ0) is 19.3. The molecule has 1 saturated heterocycles. The second kappa shape index (κ2) is 7.13. The van der Waals surface area contributed by atoms with Crippen LogP contribution in [0.5, 0.6) is 0 Å². The van der Waals surface area contributed by atoms with Gasteiger partial charge in [-0.25, -0.2) is 19.0 Å². The first kappa shape index (κ1) is 18.1. The lowest BCUT2D eigenvalue weighted by Gasteiger charge is -2.27. The molecule has 28 heavy (non-hydrogen) atoms. The molecular weight excluding hydrogens is 402 g/mol. The molecule has 146 valence electrons. The van der Waals surface area contributed by atoms with Crippen molar-refractivity contribution in [2.75, 3.05) is 18.4 Å². The Morgan fingerprint density at radius 2 is 2.04 bits per heavy atom. The standard InChI is InChI=1S/C19H19Cl2FN6/c20-14-5-10-7-24-19(27-17-9-25-28(18(17)21)11-1-2-11)26-16(10)6-13(14)12-3-4-23-8-15(12)22/h5-7,9,11-12,15,23H,1-4,8H2,(H,24,26,27)/t12-,15?/m0/s1. The maximum absolute atomic E-state index is 14.4. The molecule has 2 atom stereocenters. The van der Waals surface area contributed by atoms with Gasteiger partial charge in [-0.05, 0) is 43.5 Å². The lowest BCUT2D eigenvalue weighted by molar-refractivity contribution is 0.231. The van der Waals surface area contributed by atoms with E-state index in [4.69, 9.17) is 23.2 Å². The fourth-order valence-corrected chi connectivity index (χ4v) is 4.30. The number of piperidine rings is 1. The van der Waals surface area contributed by atoms with E-state index in [2.05, 4.69) is 25.7 Å². The predicted octanol–water partition coefficient (Wildman–Crippen LogP) is 4.63. The Morgan fingerprint density at radius 3 is 2.82 bits per heavy atom. The van der Waals surface area contributed by atoms with Crippen LogP contribution < -0.4 is 10.6 Å². The van der Waals surface area contributed by atoms with E-state index in [1.807, 2.05) is 16.8 Å². The van der Waals surface area contributed by atoms with Gasteiger partial charge in [0.2, 0.25) is 5.95 Å². The number of hydrogen-bond donors (Lipinski definition) is 2. The smallest absolute Gasteiger partial charge is 0.227 e. The Bertz CT molecular complexity index is 1030. The number of nitrogens with one attached hydrogen (secondary N) is 2. The van der Waals surface area contributed by atoms with Gasteiger partial charge in [0, 0.05) is 29.1 Å². The number of halogens is 3. The van der Waals surface area contributed by atoms with Crippen LogP contribution in [0.3, 0.4) is 0 Å². The average molecular weight is 421 g/mol.